The number of hydrogen-bond acceptors (Lipinski definition) is 5. The lowest BCUT2D eigenvalue weighted by Crippen LogP contribution is -2.44. The molecule has 0 aromatic carbocycles. The molecule has 2 atom stereocenters. The maximum absolute atomic E-state index is 9.88. The van der Waals surface area contributed by atoms with Gasteiger partial charge in [0.15, 0.2) is 0 Å². The lowest BCUT2D eigenvalue weighted by atomic mass is 10.0. The molecule has 5 heteroatoms. The summed E-state index contributed by atoms with van der Waals surface area (Å²) in [7, 11) is 2.19. The summed E-state index contributed by atoms with van der Waals surface area (Å²) in [6.07, 6.45) is 3.47. The van der Waals surface area contributed by atoms with Gasteiger partial charge in [0.05, 0.1) is 19.3 Å². The lowest BCUT2D eigenvalue weighted by Gasteiger charge is -2.32. The van der Waals surface area contributed by atoms with Gasteiger partial charge >= 0.3 is 0 Å². The Kier molecular flexibility index (Phi) is 6.96. The smallest absolute Gasteiger partial charge is 0.0897 e. The third-order valence-corrected chi connectivity index (χ3v) is 4.67. The van der Waals surface area contributed by atoms with Crippen molar-refractivity contribution in [2.75, 3.05) is 33.3 Å². The number of aliphatic hydroxyl groups is 1. The molecule has 2 unspecified atom stereocenters. The molecule has 0 amide bonds. The Morgan fingerprint density at radius 1 is 1.55 bits per heavy atom. The minimum absolute atomic E-state index is 0.394. The summed E-state index contributed by atoms with van der Waals surface area (Å²) in [5.74, 6) is 0. The van der Waals surface area contributed by atoms with Gasteiger partial charge in [0.2, 0.25) is 0 Å². The van der Waals surface area contributed by atoms with Crippen molar-refractivity contribution in [1.82, 2.24) is 10.2 Å². The molecule has 0 aliphatic carbocycles. The number of rotatable bonds is 8. The second kappa shape index (κ2) is 8.74. The molecule has 2 rings (SSSR count). The van der Waals surface area contributed by atoms with Gasteiger partial charge < -0.3 is 20.1 Å². The highest BCUT2D eigenvalue weighted by Crippen LogP contribution is 2.14. The predicted octanol–water partition coefficient (Wildman–Crippen LogP) is 1.70. The van der Waals surface area contributed by atoms with Crippen LogP contribution in [-0.4, -0.2) is 55.4 Å². The van der Waals surface area contributed by atoms with Crippen LogP contribution in [0, 0.1) is 0 Å². The Hall–Kier alpha value is -0.460. The fourth-order valence-electron chi connectivity index (χ4n) is 2.57. The van der Waals surface area contributed by atoms with Crippen molar-refractivity contribution in [2.24, 2.45) is 0 Å². The molecule has 1 aromatic heterocycles. The van der Waals surface area contributed by atoms with Crippen molar-refractivity contribution in [1.29, 1.82) is 0 Å². The standard InChI is InChI=1S/C15H26N2O2S/c1-17-7-3-2-5-13(17)9-16-10-14(18)11-19-12-15-6-4-8-20-15/h4,6,8,13-14,16,18H,2-3,5,7,9-12H2,1H3. The van der Waals surface area contributed by atoms with E-state index in [1.807, 2.05) is 17.5 Å². The van der Waals surface area contributed by atoms with Gasteiger partial charge in [-0.1, -0.05) is 12.5 Å². The SMILES string of the molecule is CN1CCCCC1CNCC(O)COCc1cccs1. The number of nitrogens with one attached hydrogen (secondary N) is 1. The Morgan fingerprint density at radius 2 is 2.45 bits per heavy atom. The number of ether oxygens (including phenoxy) is 1. The first-order valence-corrected chi connectivity index (χ1v) is 8.33. The van der Waals surface area contributed by atoms with Crippen molar-refractivity contribution < 1.29 is 9.84 Å². The van der Waals surface area contributed by atoms with Crippen LogP contribution in [-0.2, 0) is 11.3 Å². The number of nitrogens with zero attached hydrogens (tertiary/aromatic N) is 1. The second-order valence-corrected chi connectivity index (χ2v) is 6.57. The monoisotopic (exact) mass is 298 g/mol. The van der Waals surface area contributed by atoms with Gasteiger partial charge in [-0.05, 0) is 37.9 Å². The molecule has 1 aliphatic heterocycles. The van der Waals surface area contributed by atoms with Crippen molar-refractivity contribution in [3.05, 3.63) is 22.4 Å². The van der Waals surface area contributed by atoms with Gasteiger partial charge in [-0.25, -0.2) is 0 Å². The highest BCUT2D eigenvalue weighted by Gasteiger charge is 2.18. The molecule has 1 saturated heterocycles. The van der Waals surface area contributed by atoms with Crippen LogP contribution in [0.5, 0.6) is 0 Å². The number of aliphatic hydroxyl groups excluding tert-OH is 1. The van der Waals surface area contributed by atoms with Gasteiger partial charge in [0, 0.05) is 24.0 Å². The summed E-state index contributed by atoms with van der Waals surface area (Å²) in [6, 6.07) is 4.68. The van der Waals surface area contributed by atoms with Crippen molar-refractivity contribution in [2.45, 2.75) is 38.0 Å². The van der Waals surface area contributed by atoms with Gasteiger partial charge in [-0.2, -0.15) is 0 Å². The summed E-state index contributed by atoms with van der Waals surface area (Å²) in [5.41, 5.74) is 0. The molecule has 0 spiro atoms. The molecule has 1 aromatic rings. The van der Waals surface area contributed by atoms with E-state index in [4.69, 9.17) is 4.74 Å². The van der Waals surface area contributed by atoms with Crippen LogP contribution in [0.3, 0.4) is 0 Å². The van der Waals surface area contributed by atoms with Crippen LogP contribution in [0.25, 0.3) is 0 Å². The molecule has 114 valence electrons. The number of piperidine rings is 1. The number of thiophene rings is 1. The first-order valence-electron chi connectivity index (χ1n) is 7.45. The molecule has 20 heavy (non-hydrogen) atoms. The van der Waals surface area contributed by atoms with E-state index in [0.717, 1.165) is 6.54 Å². The van der Waals surface area contributed by atoms with Crippen molar-refractivity contribution in [3.8, 4) is 0 Å². The van der Waals surface area contributed by atoms with Gasteiger partial charge in [-0.15, -0.1) is 11.3 Å². The van der Waals surface area contributed by atoms with E-state index in [0.29, 0.717) is 25.8 Å². The van der Waals surface area contributed by atoms with E-state index in [-0.39, 0.29) is 0 Å². The molecule has 0 radical (unpaired) electrons. The second-order valence-electron chi connectivity index (χ2n) is 5.54. The molecule has 0 bridgehead atoms. The van der Waals surface area contributed by atoms with E-state index in [2.05, 4.69) is 17.3 Å². The fourth-order valence-corrected chi connectivity index (χ4v) is 3.21. The highest BCUT2D eigenvalue weighted by atomic mass is 32.1. The zero-order chi connectivity index (χ0) is 14.2. The van der Waals surface area contributed by atoms with Crippen LogP contribution in [0.1, 0.15) is 24.1 Å². The number of likely N-dealkylation sites (tertiary alicyclic amines) is 1. The summed E-state index contributed by atoms with van der Waals surface area (Å²) < 4.78 is 5.51. The number of hydrogen-bond donors (Lipinski definition) is 2. The number of likely N-dealkylation sites (N-methyl/N-ethyl adjacent to an activating group) is 1. The van der Waals surface area contributed by atoms with Crippen molar-refractivity contribution >= 4 is 11.3 Å². The normalized spacial score (nSPS) is 22.0. The average molecular weight is 298 g/mol. The Balaban J connectivity index is 1.52. The molecule has 2 N–H and O–H groups in total. The Bertz CT molecular complexity index is 359. The maximum atomic E-state index is 9.88. The fraction of sp³-hybridized carbons (Fsp3) is 0.733. The van der Waals surface area contributed by atoms with E-state index >= 15 is 0 Å². The molecule has 0 saturated carbocycles. The van der Waals surface area contributed by atoms with Crippen LogP contribution in [0.15, 0.2) is 17.5 Å². The topological polar surface area (TPSA) is 44.7 Å². The third kappa shape index (κ3) is 5.50. The Morgan fingerprint density at radius 3 is 3.20 bits per heavy atom. The van der Waals surface area contributed by atoms with Crippen LogP contribution < -0.4 is 5.32 Å². The Labute approximate surface area is 125 Å². The molecule has 4 nitrogen and oxygen atoms in total. The molecule has 1 aliphatic rings. The zero-order valence-corrected chi connectivity index (χ0v) is 13.1. The minimum Gasteiger partial charge on any atom is -0.389 e. The first-order chi connectivity index (χ1) is 9.75. The molecular weight excluding hydrogens is 272 g/mol. The molecule has 1 fully saturated rings. The van der Waals surface area contributed by atoms with Crippen molar-refractivity contribution in [3.63, 3.8) is 0 Å². The minimum atomic E-state index is -0.427. The average Bonchev–Trinajstić information content (AvgIpc) is 2.94. The van der Waals surface area contributed by atoms with Gasteiger partial charge in [0.1, 0.15) is 0 Å². The zero-order valence-electron chi connectivity index (χ0n) is 12.3. The summed E-state index contributed by atoms with van der Waals surface area (Å²) >= 11 is 1.68. The van der Waals surface area contributed by atoms with E-state index in [1.54, 1.807) is 11.3 Å². The highest BCUT2D eigenvalue weighted by molar-refractivity contribution is 7.09. The molecular formula is C15H26N2O2S. The van der Waals surface area contributed by atoms with E-state index in [1.165, 1.54) is 30.7 Å². The third-order valence-electron chi connectivity index (χ3n) is 3.82. The largest absolute Gasteiger partial charge is 0.389 e. The summed E-state index contributed by atoms with van der Waals surface area (Å²) in [5, 5.41) is 15.3. The van der Waals surface area contributed by atoms with E-state index in [9.17, 15) is 5.11 Å². The van der Waals surface area contributed by atoms with Crippen LogP contribution >= 0.6 is 11.3 Å². The maximum Gasteiger partial charge on any atom is 0.0897 e. The summed E-state index contributed by atoms with van der Waals surface area (Å²) in [6.45, 7) is 3.75. The van der Waals surface area contributed by atoms with Gasteiger partial charge in [-0.3, -0.25) is 0 Å². The molecule has 2 heterocycles. The first kappa shape index (κ1) is 15.9. The van der Waals surface area contributed by atoms with Crippen LogP contribution in [0.2, 0.25) is 0 Å². The summed E-state index contributed by atoms with van der Waals surface area (Å²) in [4.78, 5) is 3.62. The predicted molar refractivity (Wildman–Crippen MR) is 83.1 cm³/mol. The van der Waals surface area contributed by atoms with E-state index < -0.39 is 6.10 Å². The quantitative estimate of drug-likeness (QED) is 0.767. The lowest BCUT2D eigenvalue weighted by molar-refractivity contribution is 0.0288. The van der Waals surface area contributed by atoms with Crippen LogP contribution in [0.4, 0.5) is 0 Å². The van der Waals surface area contributed by atoms with Gasteiger partial charge in [0.25, 0.3) is 0 Å².